The molecule has 0 saturated heterocycles. The van der Waals surface area contributed by atoms with Gasteiger partial charge in [-0.15, -0.1) is 0 Å². The molecule has 0 amide bonds. The molecular formula is C26H29Cl2N3O4. The minimum Gasteiger partial charge on any atom is -0.480 e. The van der Waals surface area contributed by atoms with Crippen LogP contribution in [0.3, 0.4) is 0 Å². The summed E-state index contributed by atoms with van der Waals surface area (Å²) in [4.78, 5) is 29.4. The van der Waals surface area contributed by atoms with E-state index in [-0.39, 0.29) is 18.9 Å². The Morgan fingerprint density at radius 2 is 1.74 bits per heavy atom. The van der Waals surface area contributed by atoms with Crippen LogP contribution >= 0.6 is 23.2 Å². The van der Waals surface area contributed by atoms with Crippen LogP contribution < -0.4 is 5.32 Å². The van der Waals surface area contributed by atoms with Crippen molar-refractivity contribution in [2.45, 2.75) is 51.9 Å². The van der Waals surface area contributed by atoms with Crippen LogP contribution in [0.2, 0.25) is 10.0 Å². The second-order valence-corrected chi connectivity index (χ2v) is 9.66. The van der Waals surface area contributed by atoms with Crippen LogP contribution in [0.4, 0.5) is 0 Å². The monoisotopic (exact) mass is 517 g/mol. The summed E-state index contributed by atoms with van der Waals surface area (Å²) in [6.07, 6.45) is 3.94. The summed E-state index contributed by atoms with van der Waals surface area (Å²) < 4.78 is 7.42. The third-order valence-electron chi connectivity index (χ3n) is 5.38. The number of benzene rings is 2. The molecule has 0 aliphatic rings. The lowest BCUT2D eigenvalue weighted by Gasteiger charge is -2.23. The van der Waals surface area contributed by atoms with E-state index in [0.717, 1.165) is 11.1 Å². The van der Waals surface area contributed by atoms with Gasteiger partial charge in [0.15, 0.2) is 0 Å². The van der Waals surface area contributed by atoms with Crippen molar-refractivity contribution >= 4 is 35.1 Å². The molecule has 0 aliphatic carbocycles. The molecule has 7 nitrogen and oxygen atoms in total. The van der Waals surface area contributed by atoms with E-state index in [1.807, 2.05) is 60.9 Å². The molecule has 1 aromatic heterocycles. The quantitative estimate of drug-likeness (QED) is 0.329. The minimum absolute atomic E-state index is 0.0925. The Bertz CT molecular complexity index is 1110. The molecule has 0 aliphatic heterocycles. The molecule has 1 heterocycles. The number of aliphatic carboxylic acids is 1. The predicted molar refractivity (Wildman–Crippen MR) is 136 cm³/mol. The van der Waals surface area contributed by atoms with Crippen LogP contribution in [0.5, 0.6) is 0 Å². The van der Waals surface area contributed by atoms with Gasteiger partial charge >= 0.3 is 11.9 Å². The van der Waals surface area contributed by atoms with Gasteiger partial charge in [-0.05, 0) is 41.7 Å². The Hall–Kier alpha value is -2.87. The fourth-order valence-corrected chi connectivity index (χ4v) is 4.32. The molecular weight excluding hydrogens is 489 g/mol. The Balaban J connectivity index is 1.80. The highest BCUT2D eigenvalue weighted by molar-refractivity contribution is 6.34. The number of carboxylic acids is 1. The third-order valence-corrected chi connectivity index (χ3v) is 5.82. The van der Waals surface area contributed by atoms with Crippen LogP contribution in [0.25, 0.3) is 0 Å². The first-order chi connectivity index (χ1) is 16.7. The number of carboxylic acid groups (broad SMARTS) is 1. The van der Waals surface area contributed by atoms with E-state index in [4.69, 9.17) is 27.9 Å². The van der Waals surface area contributed by atoms with E-state index >= 15 is 0 Å². The fourth-order valence-electron chi connectivity index (χ4n) is 3.75. The van der Waals surface area contributed by atoms with Crippen LogP contribution in [0, 0.1) is 5.92 Å². The summed E-state index contributed by atoms with van der Waals surface area (Å²) in [5.41, 5.74) is 1.72. The van der Waals surface area contributed by atoms with Crippen molar-refractivity contribution in [3.05, 3.63) is 87.9 Å². The van der Waals surface area contributed by atoms with Gasteiger partial charge in [-0.2, -0.15) is 0 Å². The van der Waals surface area contributed by atoms with Crippen molar-refractivity contribution < 1.29 is 19.4 Å². The number of aromatic nitrogens is 2. The molecule has 0 bridgehead atoms. The zero-order valence-electron chi connectivity index (χ0n) is 19.7. The largest absolute Gasteiger partial charge is 0.480 e. The van der Waals surface area contributed by atoms with E-state index in [1.54, 1.807) is 18.5 Å². The number of nitrogens with zero attached hydrogens (tertiary/aromatic N) is 2. The van der Waals surface area contributed by atoms with Gasteiger partial charge in [0.05, 0.1) is 0 Å². The lowest BCUT2D eigenvalue weighted by atomic mass is 10.0. The molecule has 9 heteroatoms. The van der Waals surface area contributed by atoms with Gasteiger partial charge in [-0.25, -0.2) is 4.98 Å². The normalized spacial score (nSPS) is 12.9. The lowest BCUT2D eigenvalue weighted by molar-refractivity contribution is -0.148. The van der Waals surface area contributed by atoms with Crippen LogP contribution in [-0.2, 0) is 33.9 Å². The number of imidazole rings is 1. The number of nitrogens with one attached hydrogen (secondary N) is 1. The number of ether oxygens (including phenoxy) is 1. The molecule has 35 heavy (non-hydrogen) atoms. The molecule has 0 spiro atoms. The summed E-state index contributed by atoms with van der Waals surface area (Å²) in [5, 5.41) is 13.8. The van der Waals surface area contributed by atoms with E-state index in [9.17, 15) is 14.7 Å². The number of rotatable bonds is 12. The van der Waals surface area contributed by atoms with E-state index < -0.39 is 24.0 Å². The maximum atomic E-state index is 13.1. The van der Waals surface area contributed by atoms with Gasteiger partial charge in [-0.3, -0.25) is 14.9 Å². The van der Waals surface area contributed by atoms with Gasteiger partial charge in [0.2, 0.25) is 0 Å². The maximum absolute atomic E-state index is 13.1. The highest BCUT2D eigenvalue weighted by atomic mass is 35.5. The van der Waals surface area contributed by atoms with Crippen molar-refractivity contribution in [2.75, 3.05) is 0 Å². The van der Waals surface area contributed by atoms with Gasteiger partial charge in [0.1, 0.15) is 24.5 Å². The van der Waals surface area contributed by atoms with Gasteiger partial charge in [-0.1, -0.05) is 67.4 Å². The van der Waals surface area contributed by atoms with Gasteiger partial charge in [0, 0.05) is 35.4 Å². The Kier molecular flexibility index (Phi) is 9.72. The van der Waals surface area contributed by atoms with Crippen LogP contribution in [-0.4, -0.2) is 38.7 Å². The van der Waals surface area contributed by atoms with Crippen molar-refractivity contribution in [3.8, 4) is 0 Å². The minimum atomic E-state index is -1.02. The predicted octanol–water partition coefficient (Wildman–Crippen LogP) is 4.98. The fraction of sp³-hybridized carbons (Fsp3) is 0.346. The zero-order valence-corrected chi connectivity index (χ0v) is 21.2. The highest BCUT2D eigenvalue weighted by Gasteiger charge is 2.29. The first-order valence-corrected chi connectivity index (χ1v) is 12.1. The first kappa shape index (κ1) is 26.7. The summed E-state index contributed by atoms with van der Waals surface area (Å²) in [7, 11) is 0. The summed E-state index contributed by atoms with van der Waals surface area (Å²) >= 11 is 12.3. The zero-order chi connectivity index (χ0) is 25.4. The Morgan fingerprint density at radius 3 is 2.37 bits per heavy atom. The molecule has 0 fully saturated rings. The standard InChI is InChI=1S/C26H29Cl2N3O4/c1-17(2)10-22(25(32)33)30-23(26(34)35-16-18-6-4-3-5-7-18)14-24-29-8-9-31(24)15-19-11-20(27)13-21(28)12-19/h3-9,11-13,17,22-23,30H,10,14-16H2,1-2H3,(H,32,33)/t22-,23-/m0/s1. The van der Waals surface area contributed by atoms with Crippen molar-refractivity contribution in [3.63, 3.8) is 0 Å². The molecule has 2 atom stereocenters. The number of halogens is 2. The van der Waals surface area contributed by atoms with Gasteiger partial charge in [0.25, 0.3) is 0 Å². The number of carbonyl (C=O) groups is 2. The molecule has 2 N–H and O–H groups in total. The summed E-state index contributed by atoms with van der Waals surface area (Å²) in [5.74, 6) is -0.830. The van der Waals surface area contributed by atoms with Crippen molar-refractivity contribution in [1.82, 2.24) is 14.9 Å². The molecule has 0 saturated carbocycles. The van der Waals surface area contributed by atoms with E-state index in [2.05, 4.69) is 10.3 Å². The maximum Gasteiger partial charge on any atom is 0.323 e. The van der Waals surface area contributed by atoms with E-state index in [1.165, 1.54) is 0 Å². The topological polar surface area (TPSA) is 93.5 Å². The van der Waals surface area contributed by atoms with Crippen LogP contribution in [0.15, 0.2) is 60.9 Å². The Morgan fingerprint density at radius 1 is 1.06 bits per heavy atom. The smallest absolute Gasteiger partial charge is 0.323 e. The number of esters is 1. The molecule has 3 aromatic rings. The summed E-state index contributed by atoms with van der Waals surface area (Å²) in [6, 6.07) is 12.8. The molecule has 0 unspecified atom stereocenters. The molecule has 0 radical (unpaired) electrons. The summed E-state index contributed by atoms with van der Waals surface area (Å²) in [6.45, 7) is 4.40. The second kappa shape index (κ2) is 12.7. The number of hydrogen-bond donors (Lipinski definition) is 2. The average molecular weight is 518 g/mol. The first-order valence-electron chi connectivity index (χ1n) is 11.4. The number of hydrogen-bond acceptors (Lipinski definition) is 5. The third kappa shape index (κ3) is 8.38. The molecule has 3 rings (SSSR count). The highest BCUT2D eigenvalue weighted by Crippen LogP contribution is 2.20. The van der Waals surface area contributed by atoms with Crippen molar-refractivity contribution in [2.24, 2.45) is 5.92 Å². The molecule has 186 valence electrons. The number of carbonyl (C=O) groups excluding carboxylic acids is 1. The van der Waals surface area contributed by atoms with Crippen LogP contribution in [0.1, 0.15) is 37.2 Å². The van der Waals surface area contributed by atoms with Gasteiger partial charge < -0.3 is 14.4 Å². The SMILES string of the molecule is CC(C)C[C@H](N[C@@H](Cc1nccn1Cc1cc(Cl)cc(Cl)c1)C(=O)OCc1ccccc1)C(=O)O. The second-order valence-electron chi connectivity index (χ2n) is 8.79. The molecule has 2 aromatic carbocycles. The average Bonchev–Trinajstić information content (AvgIpc) is 3.22. The lowest BCUT2D eigenvalue weighted by Crippen LogP contribution is -2.49. The van der Waals surface area contributed by atoms with Crippen molar-refractivity contribution in [1.29, 1.82) is 0 Å². The Labute approximate surface area is 215 Å². The van der Waals surface area contributed by atoms with E-state index in [0.29, 0.717) is 28.8 Å².